The van der Waals surface area contributed by atoms with Gasteiger partial charge < -0.3 is 5.32 Å². The van der Waals surface area contributed by atoms with E-state index in [1.807, 2.05) is 6.92 Å². The summed E-state index contributed by atoms with van der Waals surface area (Å²) in [6.45, 7) is 11.0. The number of rotatable bonds is 5. The normalized spacial score (nSPS) is 23.6. The molecule has 0 aromatic carbocycles. The maximum absolute atomic E-state index is 12.4. The standard InChI is InChI=1S/C13H28N2O2S/c1-5-14-11-12(2)18(16,17)15-9-6-7-13(3,4)8-10-15/h12,14H,5-11H2,1-4H3. The Hall–Kier alpha value is -0.130. The molecular formula is C13H28N2O2S. The second kappa shape index (κ2) is 6.35. The molecule has 1 atom stereocenters. The summed E-state index contributed by atoms with van der Waals surface area (Å²) in [4.78, 5) is 0. The van der Waals surface area contributed by atoms with Crippen molar-refractivity contribution < 1.29 is 8.42 Å². The Labute approximate surface area is 112 Å². The predicted molar refractivity (Wildman–Crippen MR) is 76.1 cm³/mol. The van der Waals surface area contributed by atoms with Crippen LogP contribution >= 0.6 is 0 Å². The van der Waals surface area contributed by atoms with Gasteiger partial charge in [0.2, 0.25) is 10.0 Å². The fraction of sp³-hybridized carbons (Fsp3) is 1.00. The summed E-state index contributed by atoms with van der Waals surface area (Å²) >= 11 is 0. The van der Waals surface area contributed by atoms with E-state index in [1.165, 1.54) is 0 Å². The van der Waals surface area contributed by atoms with E-state index in [0.29, 0.717) is 19.6 Å². The van der Waals surface area contributed by atoms with Crippen molar-refractivity contribution in [3.63, 3.8) is 0 Å². The van der Waals surface area contributed by atoms with Crippen LogP contribution in [0.4, 0.5) is 0 Å². The van der Waals surface area contributed by atoms with E-state index in [9.17, 15) is 8.42 Å². The number of nitrogens with zero attached hydrogens (tertiary/aromatic N) is 1. The molecule has 0 amide bonds. The number of sulfonamides is 1. The molecule has 1 aliphatic heterocycles. The molecule has 0 aromatic rings. The average Bonchev–Trinajstić information content (AvgIpc) is 2.47. The van der Waals surface area contributed by atoms with Gasteiger partial charge in [0.05, 0.1) is 5.25 Å². The molecule has 0 bridgehead atoms. The SMILES string of the molecule is CCNCC(C)S(=O)(=O)N1CCCC(C)(C)CC1. The molecule has 0 aliphatic carbocycles. The first-order valence-corrected chi connectivity index (χ1v) is 8.49. The maximum atomic E-state index is 12.4. The van der Waals surface area contributed by atoms with E-state index in [4.69, 9.17) is 0 Å². The van der Waals surface area contributed by atoms with Crippen molar-refractivity contribution in [3.8, 4) is 0 Å². The van der Waals surface area contributed by atoms with Crippen molar-refractivity contribution in [1.82, 2.24) is 9.62 Å². The van der Waals surface area contributed by atoms with Gasteiger partial charge in [0.1, 0.15) is 0 Å². The Bertz CT molecular complexity index is 352. The highest BCUT2D eigenvalue weighted by molar-refractivity contribution is 7.89. The van der Waals surface area contributed by atoms with Crippen LogP contribution in [0.25, 0.3) is 0 Å². The van der Waals surface area contributed by atoms with Crippen molar-refractivity contribution in [1.29, 1.82) is 0 Å². The summed E-state index contributed by atoms with van der Waals surface area (Å²) in [6, 6.07) is 0. The van der Waals surface area contributed by atoms with Gasteiger partial charge in [-0.2, -0.15) is 0 Å². The van der Waals surface area contributed by atoms with Gasteiger partial charge in [0.15, 0.2) is 0 Å². The molecule has 0 saturated carbocycles. The van der Waals surface area contributed by atoms with Crippen molar-refractivity contribution in [2.24, 2.45) is 5.41 Å². The molecular weight excluding hydrogens is 248 g/mol. The Morgan fingerprint density at radius 1 is 1.28 bits per heavy atom. The van der Waals surface area contributed by atoms with Crippen molar-refractivity contribution in [2.75, 3.05) is 26.2 Å². The highest BCUT2D eigenvalue weighted by Gasteiger charge is 2.32. The molecule has 1 heterocycles. The molecule has 18 heavy (non-hydrogen) atoms. The molecule has 0 aromatic heterocycles. The summed E-state index contributed by atoms with van der Waals surface area (Å²) < 4.78 is 26.6. The van der Waals surface area contributed by atoms with E-state index in [-0.39, 0.29) is 10.7 Å². The lowest BCUT2D eigenvalue weighted by molar-refractivity contribution is 0.314. The minimum absolute atomic E-state index is 0.273. The minimum atomic E-state index is -3.14. The van der Waals surface area contributed by atoms with Crippen LogP contribution in [0.5, 0.6) is 0 Å². The topological polar surface area (TPSA) is 49.4 Å². The van der Waals surface area contributed by atoms with Crippen LogP contribution in [0.3, 0.4) is 0 Å². The second-order valence-electron chi connectivity index (χ2n) is 6.08. The first kappa shape index (κ1) is 15.9. The van der Waals surface area contributed by atoms with Gasteiger partial charge in [0, 0.05) is 19.6 Å². The molecule has 1 N–H and O–H groups in total. The molecule has 1 unspecified atom stereocenters. The third-order valence-corrected chi connectivity index (χ3v) is 6.12. The summed E-state index contributed by atoms with van der Waals surface area (Å²) in [5.41, 5.74) is 0.273. The Kier molecular flexibility index (Phi) is 5.62. The molecule has 4 nitrogen and oxygen atoms in total. The smallest absolute Gasteiger partial charge is 0.217 e. The molecule has 1 rings (SSSR count). The zero-order valence-electron chi connectivity index (χ0n) is 12.2. The van der Waals surface area contributed by atoms with Crippen molar-refractivity contribution >= 4 is 10.0 Å². The van der Waals surface area contributed by atoms with Gasteiger partial charge in [-0.25, -0.2) is 12.7 Å². The lowest BCUT2D eigenvalue weighted by Crippen LogP contribution is -2.42. The molecule has 1 aliphatic rings. The molecule has 108 valence electrons. The Balaban J connectivity index is 2.67. The lowest BCUT2D eigenvalue weighted by Gasteiger charge is -2.25. The van der Waals surface area contributed by atoms with Crippen LogP contribution in [0.2, 0.25) is 0 Å². The first-order chi connectivity index (χ1) is 8.29. The van der Waals surface area contributed by atoms with Crippen molar-refractivity contribution in [2.45, 2.75) is 52.2 Å². The fourth-order valence-corrected chi connectivity index (χ4v) is 3.93. The van der Waals surface area contributed by atoms with Crippen LogP contribution in [0.1, 0.15) is 47.0 Å². The molecule has 0 spiro atoms. The summed E-state index contributed by atoms with van der Waals surface area (Å²) in [5.74, 6) is 0. The van der Waals surface area contributed by atoms with Crippen LogP contribution < -0.4 is 5.32 Å². The van der Waals surface area contributed by atoms with Gasteiger partial charge in [0.25, 0.3) is 0 Å². The second-order valence-corrected chi connectivity index (χ2v) is 8.43. The van der Waals surface area contributed by atoms with Gasteiger partial charge in [-0.15, -0.1) is 0 Å². The monoisotopic (exact) mass is 276 g/mol. The lowest BCUT2D eigenvalue weighted by atomic mass is 9.85. The Morgan fingerprint density at radius 3 is 2.56 bits per heavy atom. The summed E-state index contributed by atoms with van der Waals surface area (Å²) in [7, 11) is -3.14. The van der Waals surface area contributed by atoms with Gasteiger partial charge in [-0.3, -0.25) is 0 Å². The minimum Gasteiger partial charge on any atom is -0.316 e. The zero-order valence-corrected chi connectivity index (χ0v) is 13.0. The van der Waals surface area contributed by atoms with Crippen LogP contribution in [-0.4, -0.2) is 44.2 Å². The van der Waals surface area contributed by atoms with Crippen LogP contribution in [0, 0.1) is 5.41 Å². The Morgan fingerprint density at radius 2 is 1.94 bits per heavy atom. The largest absolute Gasteiger partial charge is 0.316 e. The van der Waals surface area contributed by atoms with Crippen LogP contribution in [0.15, 0.2) is 0 Å². The van der Waals surface area contributed by atoms with Gasteiger partial charge in [-0.1, -0.05) is 20.8 Å². The molecule has 1 fully saturated rings. The molecule has 0 radical (unpaired) electrons. The fourth-order valence-electron chi connectivity index (χ4n) is 2.36. The van der Waals surface area contributed by atoms with Gasteiger partial charge >= 0.3 is 0 Å². The van der Waals surface area contributed by atoms with Crippen LogP contribution in [-0.2, 0) is 10.0 Å². The summed E-state index contributed by atoms with van der Waals surface area (Å²) in [5, 5.41) is 2.78. The predicted octanol–water partition coefficient (Wildman–Crippen LogP) is 1.83. The molecule has 5 heteroatoms. The average molecular weight is 276 g/mol. The first-order valence-electron chi connectivity index (χ1n) is 6.99. The highest BCUT2D eigenvalue weighted by Crippen LogP contribution is 2.31. The van der Waals surface area contributed by atoms with Gasteiger partial charge in [-0.05, 0) is 38.1 Å². The third-order valence-electron chi connectivity index (χ3n) is 3.85. The molecule has 1 saturated heterocycles. The number of hydrogen-bond acceptors (Lipinski definition) is 3. The van der Waals surface area contributed by atoms with E-state index >= 15 is 0 Å². The number of nitrogens with one attached hydrogen (secondary N) is 1. The maximum Gasteiger partial charge on any atom is 0.217 e. The third kappa shape index (κ3) is 4.21. The van der Waals surface area contributed by atoms with E-state index in [2.05, 4.69) is 19.2 Å². The highest BCUT2D eigenvalue weighted by atomic mass is 32.2. The quantitative estimate of drug-likeness (QED) is 0.833. The number of hydrogen-bond donors (Lipinski definition) is 1. The summed E-state index contributed by atoms with van der Waals surface area (Å²) in [6.07, 6.45) is 3.04. The van der Waals surface area contributed by atoms with E-state index in [1.54, 1.807) is 11.2 Å². The van der Waals surface area contributed by atoms with E-state index in [0.717, 1.165) is 25.8 Å². The van der Waals surface area contributed by atoms with E-state index < -0.39 is 10.0 Å². The van der Waals surface area contributed by atoms with Crippen molar-refractivity contribution in [3.05, 3.63) is 0 Å². The zero-order chi connectivity index (χ0) is 13.8.